The molecule has 31 heavy (non-hydrogen) atoms. The smallest absolute Gasteiger partial charge is 0.341 e. The minimum absolute atomic E-state index is 0.325. The monoisotopic (exact) mass is 458 g/mol. The molecule has 1 aliphatic carbocycles. The zero-order valence-corrected chi connectivity index (χ0v) is 20.6. The van der Waals surface area contributed by atoms with Gasteiger partial charge in [-0.15, -0.1) is 11.3 Å². The van der Waals surface area contributed by atoms with E-state index >= 15 is 0 Å². The van der Waals surface area contributed by atoms with Gasteiger partial charge in [0.1, 0.15) is 5.00 Å². The summed E-state index contributed by atoms with van der Waals surface area (Å²) < 4.78 is 5.27. The molecule has 1 aliphatic rings. The molecule has 2 aromatic rings. The van der Waals surface area contributed by atoms with Gasteiger partial charge < -0.3 is 15.4 Å². The van der Waals surface area contributed by atoms with Gasteiger partial charge in [-0.25, -0.2) is 4.79 Å². The van der Waals surface area contributed by atoms with Gasteiger partial charge in [0, 0.05) is 10.9 Å². The summed E-state index contributed by atoms with van der Waals surface area (Å²) in [6, 6.07) is 12.3. The average molecular weight is 459 g/mol. The minimum atomic E-state index is -0.325. The standard InChI is InChI=1S/C25H34N2O2S2/c1-5-25(3,4)18-12-14-19(15-13-18)26-24(30)27-22-20(23(28)29-6-2)16-21(31-22)17-10-8-7-9-11-17/h7-11,16,18-19H,5-6,12-15H2,1-4H3,(H2,26,27,30). The number of nitrogens with one attached hydrogen (secondary N) is 2. The first kappa shape index (κ1) is 23.7. The van der Waals surface area contributed by atoms with Crippen LogP contribution < -0.4 is 10.6 Å². The Morgan fingerprint density at radius 1 is 1.16 bits per heavy atom. The highest BCUT2D eigenvalue weighted by molar-refractivity contribution is 7.80. The van der Waals surface area contributed by atoms with Gasteiger partial charge in [0.2, 0.25) is 0 Å². The minimum Gasteiger partial charge on any atom is -0.462 e. The van der Waals surface area contributed by atoms with E-state index in [4.69, 9.17) is 17.0 Å². The molecule has 4 nitrogen and oxygen atoms in total. The van der Waals surface area contributed by atoms with E-state index in [1.807, 2.05) is 43.3 Å². The second kappa shape index (κ2) is 10.6. The van der Waals surface area contributed by atoms with Gasteiger partial charge in [0.15, 0.2) is 5.11 Å². The molecule has 1 aromatic carbocycles. The van der Waals surface area contributed by atoms with E-state index in [1.165, 1.54) is 30.6 Å². The van der Waals surface area contributed by atoms with E-state index in [-0.39, 0.29) is 5.97 Å². The predicted octanol–water partition coefficient (Wildman–Crippen LogP) is 6.87. The van der Waals surface area contributed by atoms with E-state index in [1.54, 1.807) is 0 Å². The maximum absolute atomic E-state index is 12.5. The maximum Gasteiger partial charge on any atom is 0.341 e. The number of hydrogen-bond donors (Lipinski definition) is 2. The molecule has 0 bridgehead atoms. The molecular weight excluding hydrogens is 424 g/mol. The van der Waals surface area contributed by atoms with E-state index in [0.717, 1.165) is 34.2 Å². The van der Waals surface area contributed by atoms with Crippen molar-refractivity contribution in [2.24, 2.45) is 11.3 Å². The van der Waals surface area contributed by atoms with Crippen molar-refractivity contribution in [3.63, 3.8) is 0 Å². The summed E-state index contributed by atoms with van der Waals surface area (Å²) in [6.07, 6.45) is 5.92. The zero-order valence-electron chi connectivity index (χ0n) is 19.0. The van der Waals surface area contributed by atoms with Gasteiger partial charge in [-0.1, -0.05) is 57.5 Å². The van der Waals surface area contributed by atoms with Crippen molar-refractivity contribution >= 4 is 39.6 Å². The van der Waals surface area contributed by atoms with Crippen LogP contribution in [0, 0.1) is 11.3 Å². The van der Waals surface area contributed by atoms with Crippen LogP contribution in [0.1, 0.15) is 70.2 Å². The fourth-order valence-electron chi connectivity index (χ4n) is 4.22. The van der Waals surface area contributed by atoms with E-state index < -0.39 is 0 Å². The summed E-state index contributed by atoms with van der Waals surface area (Å²) in [5.41, 5.74) is 2.01. The first-order valence-corrected chi connectivity index (χ1v) is 12.5. The molecule has 168 valence electrons. The summed E-state index contributed by atoms with van der Waals surface area (Å²) in [5.74, 6) is 0.451. The van der Waals surface area contributed by atoms with Crippen molar-refractivity contribution in [1.82, 2.24) is 5.32 Å². The number of ether oxygens (including phenoxy) is 1. The number of thiocarbonyl (C=S) groups is 1. The van der Waals surface area contributed by atoms with Crippen LogP contribution in [0.25, 0.3) is 10.4 Å². The Morgan fingerprint density at radius 3 is 2.45 bits per heavy atom. The van der Waals surface area contributed by atoms with Crippen molar-refractivity contribution in [1.29, 1.82) is 0 Å². The lowest BCUT2D eigenvalue weighted by molar-refractivity contribution is 0.0528. The fourth-order valence-corrected chi connectivity index (χ4v) is 5.61. The molecular formula is C25H34N2O2S2. The third-order valence-electron chi connectivity index (χ3n) is 6.59. The molecule has 0 radical (unpaired) electrons. The lowest BCUT2D eigenvalue weighted by atomic mass is 9.69. The quantitative estimate of drug-likeness (QED) is 0.350. The molecule has 0 amide bonds. The Morgan fingerprint density at radius 2 is 1.84 bits per heavy atom. The summed E-state index contributed by atoms with van der Waals surface area (Å²) in [4.78, 5) is 13.5. The summed E-state index contributed by atoms with van der Waals surface area (Å²) in [6.45, 7) is 9.22. The molecule has 2 N–H and O–H groups in total. The summed E-state index contributed by atoms with van der Waals surface area (Å²) in [5, 5.41) is 8.06. The second-order valence-electron chi connectivity index (χ2n) is 8.93. The third-order valence-corrected chi connectivity index (χ3v) is 7.91. The van der Waals surface area contributed by atoms with E-state index in [9.17, 15) is 4.79 Å². The van der Waals surface area contributed by atoms with Crippen molar-refractivity contribution < 1.29 is 9.53 Å². The molecule has 6 heteroatoms. The van der Waals surface area contributed by atoms with Crippen LogP contribution in [0.15, 0.2) is 36.4 Å². The lowest BCUT2D eigenvalue weighted by Gasteiger charge is -2.39. The molecule has 1 saturated carbocycles. The van der Waals surface area contributed by atoms with Crippen LogP contribution in [0.3, 0.4) is 0 Å². The lowest BCUT2D eigenvalue weighted by Crippen LogP contribution is -2.41. The molecule has 0 unspecified atom stereocenters. The maximum atomic E-state index is 12.5. The fraction of sp³-hybridized carbons (Fsp3) is 0.520. The van der Waals surface area contributed by atoms with Crippen LogP contribution in [0.5, 0.6) is 0 Å². The Hall–Kier alpha value is -1.92. The van der Waals surface area contributed by atoms with Crippen LogP contribution in [0.2, 0.25) is 0 Å². The number of anilines is 1. The first-order chi connectivity index (χ1) is 14.8. The number of thiophene rings is 1. The Balaban J connectivity index is 1.66. The molecule has 1 fully saturated rings. The van der Waals surface area contributed by atoms with Gasteiger partial charge in [-0.05, 0) is 67.8 Å². The molecule has 3 rings (SSSR count). The Kier molecular flexibility index (Phi) is 8.11. The van der Waals surface area contributed by atoms with Gasteiger partial charge in [-0.2, -0.15) is 0 Å². The van der Waals surface area contributed by atoms with Gasteiger partial charge in [0.25, 0.3) is 0 Å². The number of rotatable bonds is 7. The van der Waals surface area contributed by atoms with Crippen molar-refractivity contribution in [2.45, 2.75) is 65.8 Å². The zero-order chi connectivity index (χ0) is 22.4. The highest BCUT2D eigenvalue weighted by Gasteiger charge is 2.32. The van der Waals surface area contributed by atoms with Crippen molar-refractivity contribution in [2.75, 3.05) is 11.9 Å². The largest absolute Gasteiger partial charge is 0.462 e. The number of hydrogen-bond acceptors (Lipinski definition) is 4. The van der Waals surface area contributed by atoms with Crippen LogP contribution in [-0.4, -0.2) is 23.7 Å². The highest BCUT2D eigenvalue weighted by Crippen LogP contribution is 2.40. The van der Waals surface area contributed by atoms with E-state index in [2.05, 4.69) is 31.4 Å². The Labute approximate surface area is 195 Å². The highest BCUT2D eigenvalue weighted by atomic mass is 32.1. The molecule has 0 saturated heterocycles. The van der Waals surface area contributed by atoms with Crippen molar-refractivity contribution in [3.05, 3.63) is 42.0 Å². The van der Waals surface area contributed by atoms with Gasteiger partial charge in [-0.3, -0.25) is 0 Å². The molecule has 0 spiro atoms. The number of esters is 1. The number of carbonyl (C=O) groups excluding carboxylic acids is 1. The normalized spacial score (nSPS) is 19.0. The summed E-state index contributed by atoms with van der Waals surface area (Å²) in [7, 11) is 0. The molecule has 1 heterocycles. The topological polar surface area (TPSA) is 50.4 Å². The van der Waals surface area contributed by atoms with Gasteiger partial charge >= 0.3 is 5.97 Å². The van der Waals surface area contributed by atoms with Crippen LogP contribution in [0.4, 0.5) is 5.00 Å². The SMILES string of the molecule is CCOC(=O)c1cc(-c2ccccc2)sc1NC(=S)NC1CCC(C(C)(C)CC)CC1. The average Bonchev–Trinajstić information content (AvgIpc) is 3.18. The molecule has 0 atom stereocenters. The number of benzene rings is 1. The molecule has 0 aliphatic heterocycles. The Bertz CT molecular complexity index is 884. The van der Waals surface area contributed by atoms with Crippen LogP contribution >= 0.6 is 23.6 Å². The first-order valence-electron chi connectivity index (χ1n) is 11.3. The molecule has 1 aromatic heterocycles. The summed E-state index contributed by atoms with van der Waals surface area (Å²) >= 11 is 7.14. The van der Waals surface area contributed by atoms with Crippen LogP contribution in [-0.2, 0) is 4.74 Å². The third kappa shape index (κ3) is 6.07. The predicted molar refractivity (Wildman–Crippen MR) is 135 cm³/mol. The van der Waals surface area contributed by atoms with E-state index in [0.29, 0.717) is 28.7 Å². The van der Waals surface area contributed by atoms with Gasteiger partial charge in [0.05, 0.1) is 12.2 Å². The van der Waals surface area contributed by atoms with Crippen molar-refractivity contribution in [3.8, 4) is 10.4 Å². The number of carbonyl (C=O) groups is 1. The second-order valence-corrected chi connectivity index (χ2v) is 10.4.